The number of halogens is 2. The fourth-order valence-corrected chi connectivity index (χ4v) is 6.92. The topological polar surface area (TPSA) is 91.4 Å². The SMILES string of the molecule is COc1cccc(OC)c1-c1ccccc1C(=O)Nc1ccc(C(=O)N2CCC(F)(F)C(=CC(=O)N3CCC(N(C)C)CC3)c3ccccc32)cc1. The van der Waals surface area contributed by atoms with Gasteiger partial charge < -0.3 is 29.5 Å². The summed E-state index contributed by atoms with van der Waals surface area (Å²) in [4.78, 5) is 45.9. The van der Waals surface area contributed by atoms with Gasteiger partial charge in [-0.3, -0.25) is 14.4 Å². The first-order valence-corrected chi connectivity index (χ1v) is 17.2. The number of hydrogen-bond acceptors (Lipinski definition) is 6. The zero-order chi connectivity index (χ0) is 37.0. The zero-order valence-electron chi connectivity index (χ0n) is 29.7. The van der Waals surface area contributed by atoms with Crippen molar-refractivity contribution in [1.82, 2.24) is 9.80 Å². The molecule has 1 N–H and O–H groups in total. The number of ether oxygens (including phenoxy) is 2. The molecule has 0 unspecified atom stereocenters. The summed E-state index contributed by atoms with van der Waals surface area (Å²) in [6.45, 7) is 0.718. The molecule has 3 amide bonds. The van der Waals surface area contributed by atoms with E-state index < -0.39 is 24.2 Å². The van der Waals surface area contributed by atoms with Gasteiger partial charge in [-0.1, -0.05) is 42.5 Å². The number of piperidine rings is 1. The third-order valence-corrected chi connectivity index (χ3v) is 9.81. The average molecular weight is 709 g/mol. The number of fused-ring (bicyclic) bond motifs is 1. The maximum Gasteiger partial charge on any atom is 0.275 e. The van der Waals surface area contributed by atoms with Gasteiger partial charge in [-0.15, -0.1) is 0 Å². The lowest BCUT2D eigenvalue weighted by Gasteiger charge is -2.35. The van der Waals surface area contributed by atoms with Gasteiger partial charge in [0, 0.05) is 71.7 Å². The van der Waals surface area contributed by atoms with Crippen LogP contribution in [0.3, 0.4) is 0 Å². The molecule has 2 heterocycles. The van der Waals surface area contributed by atoms with E-state index in [1.807, 2.05) is 26.2 Å². The number of alkyl halides is 2. The van der Waals surface area contributed by atoms with E-state index in [0.29, 0.717) is 58.7 Å². The van der Waals surface area contributed by atoms with Crippen LogP contribution in [-0.2, 0) is 4.79 Å². The normalized spacial score (nSPS) is 16.6. The smallest absolute Gasteiger partial charge is 0.275 e. The molecule has 11 heteroatoms. The van der Waals surface area contributed by atoms with Crippen molar-refractivity contribution in [2.24, 2.45) is 0 Å². The second-order valence-electron chi connectivity index (χ2n) is 13.1. The maximum absolute atomic E-state index is 15.8. The Morgan fingerprint density at radius 1 is 0.808 bits per heavy atom. The molecule has 0 saturated carbocycles. The summed E-state index contributed by atoms with van der Waals surface area (Å²) in [7, 11) is 7.09. The predicted octanol–water partition coefficient (Wildman–Crippen LogP) is 7.24. The van der Waals surface area contributed by atoms with Crippen LogP contribution in [0.1, 0.15) is 45.5 Å². The van der Waals surface area contributed by atoms with E-state index in [1.54, 1.807) is 91.9 Å². The number of carbonyl (C=O) groups is 3. The number of carbonyl (C=O) groups excluding carboxylic acids is 3. The number of anilines is 2. The molecule has 0 aliphatic carbocycles. The summed E-state index contributed by atoms with van der Waals surface area (Å²) in [5.41, 5.74) is 2.37. The molecule has 0 radical (unpaired) electrons. The Hall–Kier alpha value is -5.55. The van der Waals surface area contributed by atoms with Gasteiger partial charge in [0.15, 0.2) is 0 Å². The van der Waals surface area contributed by atoms with Crippen LogP contribution in [0.2, 0.25) is 0 Å². The Labute approximate surface area is 302 Å². The van der Waals surface area contributed by atoms with Gasteiger partial charge in [-0.2, -0.15) is 0 Å². The van der Waals surface area contributed by atoms with Crippen LogP contribution in [0, 0.1) is 0 Å². The Morgan fingerprint density at radius 3 is 2.06 bits per heavy atom. The van der Waals surface area contributed by atoms with E-state index in [2.05, 4.69) is 10.2 Å². The highest BCUT2D eigenvalue weighted by atomic mass is 19.3. The number of likely N-dealkylation sites (tertiary alicyclic amines) is 1. The molecule has 52 heavy (non-hydrogen) atoms. The van der Waals surface area contributed by atoms with Crippen molar-refractivity contribution in [3.05, 3.63) is 114 Å². The number of amides is 3. The number of hydrogen-bond donors (Lipinski definition) is 1. The van der Waals surface area contributed by atoms with E-state index in [0.717, 1.165) is 18.9 Å². The molecular weight excluding hydrogens is 666 g/mol. The molecule has 6 rings (SSSR count). The van der Waals surface area contributed by atoms with Crippen LogP contribution in [0.5, 0.6) is 11.5 Å². The third kappa shape index (κ3) is 7.41. The minimum absolute atomic E-state index is 0.143. The standard InChI is InChI=1S/C41H42F2N4O5/c1-45(2)29-20-23-46(24-21-29)37(48)26-33-32-12-7-8-13-34(32)47(25-22-41(33,42)43)40(50)27-16-18-28(19-17-27)44-39(49)31-11-6-5-10-30(31)38-35(51-3)14-9-15-36(38)52-4/h5-19,26,29H,20-25H2,1-4H3,(H,44,49). The van der Waals surface area contributed by atoms with Crippen LogP contribution in [0.15, 0.2) is 97.1 Å². The fourth-order valence-electron chi connectivity index (χ4n) is 6.92. The van der Waals surface area contributed by atoms with Gasteiger partial charge in [0.25, 0.3) is 17.7 Å². The molecule has 270 valence electrons. The number of allylic oxidation sites excluding steroid dienone is 1. The maximum atomic E-state index is 15.8. The number of methoxy groups -OCH3 is 2. The monoisotopic (exact) mass is 708 g/mol. The molecule has 1 saturated heterocycles. The van der Waals surface area contributed by atoms with Crippen molar-refractivity contribution in [3.63, 3.8) is 0 Å². The second kappa shape index (κ2) is 15.4. The first kappa shape index (κ1) is 36.2. The summed E-state index contributed by atoms with van der Waals surface area (Å²) >= 11 is 0. The summed E-state index contributed by atoms with van der Waals surface area (Å²) in [5, 5.41) is 2.89. The molecular formula is C41H42F2N4O5. The highest BCUT2D eigenvalue weighted by Gasteiger charge is 2.42. The lowest BCUT2D eigenvalue weighted by atomic mass is 9.96. The number of benzene rings is 4. The fraction of sp³-hybridized carbons (Fsp3) is 0.293. The molecule has 0 atom stereocenters. The van der Waals surface area contributed by atoms with Gasteiger partial charge in [0.2, 0.25) is 5.91 Å². The highest BCUT2D eigenvalue weighted by molar-refractivity contribution is 6.11. The molecule has 0 bridgehead atoms. The van der Waals surface area contributed by atoms with E-state index in [1.165, 1.54) is 11.0 Å². The third-order valence-electron chi connectivity index (χ3n) is 9.81. The molecule has 0 spiro atoms. The van der Waals surface area contributed by atoms with Crippen LogP contribution >= 0.6 is 0 Å². The van der Waals surface area contributed by atoms with Crippen LogP contribution in [0.4, 0.5) is 20.2 Å². The first-order chi connectivity index (χ1) is 25.0. The molecule has 9 nitrogen and oxygen atoms in total. The Balaban J connectivity index is 1.22. The van der Waals surface area contributed by atoms with Crippen molar-refractivity contribution in [1.29, 1.82) is 0 Å². The lowest BCUT2D eigenvalue weighted by Crippen LogP contribution is -2.44. The second-order valence-corrected chi connectivity index (χ2v) is 13.1. The van der Waals surface area contributed by atoms with Crippen LogP contribution in [0.25, 0.3) is 16.7 Å². The molecule has 2 aliphatic rings. The van der Waals surface area contributed by atoms with Crippen molar-refractivity contribution < 1.29 is 32.6 Å². The van der Waals surface area contributed by atoms with Crippen molar-refractivity contribution in [2.45, 2.75) is 31.2 Å². The quantitative estimate of drug-likeness (QED) is 0.194. The van der Waals surface area contributed by atoms with E-state index in [9.17, 15) is 14.4 Å². The largest absolute Gasteiger partial charge is 0.496 e. The van der Waals surface area contributed by atoms with Gasteiger partial charge in [-0.05, 0) is 75.5 Å². The molecule has 2 aliphatic heterocycles. The summed E-state index contributed by atoms with van der Waals surface area (Å²) in [5.74, 6) is -3.57. The molecule has 4 aromatic rings. The predicted molar refractivity (Wildman–Crippen MR) is 198 cm³/mol. The van der Waals surface area contributed by atoms with Crippen molar-refractivity contribution in [2.75, 3.05) is 58.2 Å². The first-order valence-electron chi connectivity index (χ1n) is 17.2. The van der Waals surface area contributed by atoms with E-state index >= 15 is 8.78 Å². The zero-order valence-corrected chi connectivity index (χ0v) is 29.7. The molecule has 4 aromatic carbocycles. The Morgan fingerprint density at radius 2 is 1.42 bits per heavy atom. The molecule has 1 fully saturated rings. The summed E-state index contributed by atoms with van der Waals surface area (Å²) < 4.78 is 42.8. The van der Waals surface area contributed by atoms with Crippen molar-refractivity contribution in [3.8, 4) is 22.6 Å². The van der Waals surface area contributed by atoms with E-state index in [-0.39, 0.29) is 29.2 Å². The number of para-hydroxylation sites is 1. The van der Waals surface area contributed by atoms with Crippen LogP contribution in [-0.4, -0.2) is 87.4 Å². The number of nitrogens with one attached hydrogen (secondary N) is 1. The van der Waals surface area contributed by atoms with Gasteiger partial charge in [-0.25, -0.2) is 8.78 Å². The van der Waals surface area contributed by atoms with Gasteiger partial charge >= 0.3 is 0 Å². The number of rotatable bonds is 8. The Kier molecular flexibility index (Phi) is 10.7. The summed E-state index contributed by atoms with van der Waals surface area (Å²) in [6.07, 6.45) is 1.94. The van der Waals surface area contributed by atoms with Crippen LogP contribution < -0.4 is 19.7 Å². The van der Waals surface area contributed by atoms with E-state index in [4.69, 9.17) is 9.47 Å². The minimum Gasteiger partial charge on any atom is -0.496 e. The Bertz CT molecular complexity index is 1970. The lowest BCUT2D eigenvalue weighted by molar-refractivity contribution is -0.127. The van der Waals surface area contributed by atoms with Gasteiger partial charge in [0.05, 0.1) is 25.5 Å². The highest BCUT2D eigenvalue weighted by Crippen LogP contribution is 2.44. The average Bonchev–Trinajstić information content (AvgIpc) is 3.27. The summed E-state index contributed by atoms with van der Waals surface area (Å²) in [6, 6.07) is 25.6. The van der Waals surface area contributed by atoms with Crippen molar-refractivity contribution >= 4 is 34.7 Å². The molecule has 0 aromatic heterocycles. The van der Waals surface area contributed by atoms with Gasteiger partial charge in [0.1, 0.15) is 11.5 Å². The minimum atomic E-state index is -3.35. The number of nitrogens with zero attached hydrogens (tertiary/aromatic N) is 3.